The molecule has 18 nitrogen and oxygen atoms in total. The van der Waals surface area contributed by atoms with Gasteiger partial charge < -0.3 is 31.6 Å². The summed E-state index contributed by atoms with van der Waals surface area (Å²) in [6.07, 6.45) is 2.81. The maximum absolute atomic E-state index is 12.9. The van der Waals surface area contributed by atoms with Gasteiger partial charge in [0.25, 0.3) is 20.2 Å². The Labute approximate surface area is 278 Å². The molecule has 0 saturated carbocycles. The fourth-order valence-corrected chi connectivity index (χ4v) is 5.54. The Balaban J connectivity index is 0.00000307. The molecule has 48 heavy (non-hydrogen) atoms. The summed E-state index contributed by atoms with van der Waals surface area (Å²) in [6.45, 7) is 8.06. The zero-order chi connectivity index (χ0) is 35.5. The Morgan fingerprint density at radius 3 is 1.35 bits per heavy atom. The monoisotopic (exact) mass is 704 g/mol. The molecule has 2 aromatic heterocycles. The lowest BCUT2D eigenvalue weighted by Crippen LogP contribution is -2.09. The van der Waals surface area contributed by atoms with Crippen LogP contribution in [0.2, 0.25) is 0 Å². The lowest BCUT2D eigenvalue weighted by Gasteiger charge is -2.12. The van der Waals surface area contributed by atoms with Crippen molar-refractivity contribution in [2.24, 2.45) is 0 Å². The molecule has 0 aliphatic heterocycles. The van der Waals surface area contributed by atoms with Gasteiger partial charge in [-0.25, -0.2) is 0 Å². The first-order valence-corrected chi connectivity index (χ1v) is 17.1. The maximum atomic E-state index is 12.9. The van der Waals surface area contributed by atoms with E-state index in [4.69, 9.17) is 29.3 Å². The molecule has 4 aromatic rings. The van der Waals surface area contributed by atoms with Crippen molar-refractivity contribution in [2.75, 3.05) is 49.5 Å². The number of hydrogen-bond acceptors (Lipinski definition) is 18. The van der Waals surface area contributed by atoms with Crippen molar-refractivity contribution >= 4 is 67.6 Å². The second-order valence-corrected chi connectivity index (χ2v) is 12.2. The van der Waals surface area contributed by atoms with Crippen LogP contribution in [0, 0.1) is 0 Å². The van der Waals surface area contributed by atoms with Gasteiger partial charge in [-0.1, -0.05) is 38.1 Å². The third-order valence-electron chi connectivity index (χ3n) is 5.77. The highest BCUT2D eigenvalue weighted by Crippen LogP contribution is 2.29. The number of nitrogen functional groups attached to an aromatic ring is 2. The van der Waals surface area contributed by atoms with E-state index in [0.29, 0.717) is 0 Å². The van der Waals surface area contributed by atoms with E-state index in [-0.39, 0.29) is 81.3 Å². The predicted molar refractivity (Wildman–Crippen MR) is 179 cm³/mol. The smallest absolute Gasteiger partial charge is 0.323 e. The minimum Gasteiger partial charge on any atom is -0.464 e. The molecule has 0 saturated heterocycles. The topological polar surface area (TPSA) is 259 Å². The van der Waals surface area contributed by atoms with Gasteiger partial charge in [-0.05, 0) is 49.2 Å². The number of rotatable bonds is 14. The van der Waals surface area contributed by atoms with Crippen LogP contribution in [-0.2, 0) is 28.6 Å². The fourth-order valence-electron chi connectivity index (χ4n) is 3.79. The summed E-state index contributed by atoms with van der Waals surface area (Å²) in [5, 5.41) is 5.72. The minimum absolute atomic E-state index is 0.0112. The summed E-state index contributed by atoms with van der Waals surface area (Å²) in [6, 6.07) is 8.58. The van der Waals surface area contributed by atoms with Gasteiger partial charge in [0.2, 0.25) is 23.8 Å². The minimum atomic E-state index is -4.25. The number of nitrogens with one attached hydrogen (secondary N) is 2. The zero-order valence-corrected chi connectivity index (χ0v) is 28.6. The molecule has 0 radical (unpaired) electrons. The largest absolute Gasteiger partial charge is 0.464 e. The van der Waals surface area contributed by atoms with Gasteiger partial charge in [-0.3, -0.25) is 8.37 Å². The Morgan fingerprint density at radius 2 is 1.02 bits per heavy atom. The van der Waals surface area contributed by atoms with Crippen LogP contribution < -0.4 is 31.6 Å². The summed E-state index contributed by atoms with van der Waals surface area (Å²) in [7, 11) is -6.49. The van der Waals surface area contributed by atoms with Gasteiger partial charge in [0.15, 0.2) is 0 Å². The summed E-state index contributed by atoms with van der Waals surface area (Å²) in [5.41, 5.74) is 12.3. The van der Waals surface area contributed by atoms with Crippen LogP contribution in [0.25, 0.3) is 12.2 Å². The van der Waals surface area contributed by atoms with Crippen LogP contribution in [0.3, 0.4) is 0 Å². The van der Waals surface area contributed by atoms with Crippen molar-refractivity contribution < 1.29 is 34.7 Å². The molecule has 6 N–H and O–H groups in total. The van der Waals surface area contributed by atoms with Gasteiger partial charge in [-0.2, -0.15) is 46.7 Å². The number of hydrogen-bond donors (Lipinski definition) is 4. The molecule has 0 fully saturated rings. The molecule has 20 heteroatoms. The number of anilines is 6. The van der Waals surface area contributed by atoms with Gasteiger partial charge in [0, 0.05) is 11.4 Å². The van der Waals surface area contributed by atoms with Crippen molar-refractivity contribution in [1.29, 1.82) is 0 Å². The summed E-state index contributed by atoms with van der Waals surface area (Å²) in [5.74, 6) is -0.198. The Bertz CT molecular complexity index is 1840. The van der Waals surface area contributed by atoms with Crippen LogP contribution in [0.5, 0.6) is 12.0 Å². The molecule has 0 atom stereocenters. The van der Waals surface area contributed by atoms with Crippen LogP contribution in [0.1, 0.15) is 38.8 Å². The Morgan fingerprint density at radius 1 is 0.646 bits per heavy atom. The highest BCUT2D eigenvalue weighted by molar-refractivity contribution is 7.87. The first kappa shape index (κ1) is 37.3. The van der Waals surface area contributed by atoms with Crippen molar-refractivity contribution in [2.45, 2.75) is 37.5 Å². The molecule has 0 amide bonds. The molecule has 4 rings (SSSR count). The maximum Gasteiger partial charge on any atom is 0.323 e. The molecule has 258 valence electrons. The normalized spacial score (nSPS) is 11.5. The SMILES string of the molecule is CC.CCOc1nc(N)nc(Nc2ccc(/C=C/c3ccc(Nc4nc(N)nc(OCC)n4)cc3S(=O)(=O)OC)c(S(=O)(=O)OC)c2)n1. The quantitative estimate of drug-likeness (QED) is 0.108. The van der Waals surface area contributed by atoms with E-state index in [1.54, 1.807) is 26.0 Å². The van der Waals surface area contributed by atoms with E-state index in [9.17, 15) is 16.8 Å². The van der Waals surface area contributed by atoms with E-state index in [2.05, 4.69) is 40.5 Å². The van der Waals surface area contributed by atoms with E-state index in [0.717, 1.165) is 14.2 Å². The Hall–Kier alpha value is -5.18. The van der Waals surface area contributed by atoms with Crippen molar-refractivity contribution in [3.8, 4) is 12.0 Å². The molecule has 0 unspecified atom stereocenters. The lowest BCUT2D eigenvalue weighted by molar-refractivity contribution is 0.312. The van der Waals surface area contributed by atoms with E-state index in [1.165, 1.54) is 36.4 Å². The second-order valence-electron chi connectivity index (χ2n) is 8.80. The van der Waals surface area contributed by atoms with Gasteiger partial charge in [0.05, 0.1) is 27.4 Å². The second kappa shape index (κ2) is 16.6. The van der Waals surface area contributed by atoms with Crippen LogP contribution in [0.4, 0.5) is 35.2 Å². The third-order valence-corrected chi connectivity index (χ3v) is 8.43. The molecular formula is C28H36N10O8S2. The molecule has 0 bridgehead atoms. The van der Waals surface area contributed by atoms with Crippen molar-refractivity contribution in [3.63, 3.8) is 0 Å². The van der Waals surface area contributed by atoms with Gasteiger partial charge >= 0.3 is 12.0 Å². The molecular weight excluding hydrogens is 669 g/mol. The number of benzene rings is 2. The Kier molecular flexibility index (Phi) is 12.9. The van der Waals surface area contributed by atoms with E-state index < -0.39 is 20.2 Å². The van der Waals surface area contributed by atoms with Crippen molar-refractivity contribution in [3.05, 3.63) is 47.5 Å². The summed E-state index contributed by atoms with van der Waals surface area (Å²) in [4.78, 5) is 23.4. The lowest BCUT2D eigenvalue weighted by atomic mass is 10.1. The van der Waals surface area contributed by atoms with Gasteiger partial charge in [-0.15, -0.1) is 0 Å². The molecule has 0 aliphatic carbocycles. The number of nitrogens with two attached hydrogens (primary N) is 2. The third kappa shape index (κ3) is 9.67. The molecule has 2 heterocycles. The first-order valence-electron chi connectivity index (χ1n) is 14.3. The summed E-state index contributed by atoms with van der Waals surface area (Å²) < 4.78 is 71.6. The number of nitrogens with zero attached hydrogens (tertiary/aromatic N) is 6. The highest BCUT2D eigenvalue weighted by atomic mass is 32.2. The fraction of sp³-hybridized carbons (Fsp3) is 0.286. The summed E-state index contributed by atoms with van der Waals surface area (Å²) >= 11 is 0. The standard InChI is InChI=1S/C26H30N10O8S2.C2H6/c1-5-43-25-33-21(27)31-23(35-25)29-17-11-9-15(19(13-17)45(37,38)41-3)7-8-16-10-12-18(14-20(16)46(39,40)42-4)30-24-32-22(28)34-26(36-24)44-6-2;1-2/h7-14H,5-6H2,1-4H3,(H3,27,29,31,33,35)(H3,28,30,32,34,36);1-2H3/b8-7+;. The van der Waals surface area contributed by atoms with Crippen LogP contribution in [0.15, 0.2) is 46.2 Å². The van der Waals surface area contributed by atoms with E-state index in [1.807, 2.05) is 13.8 Å². The van der Waals surface area contributed by atoms with Gasteiger partial charge in [0.1, 0.15) is 9.79 Å². The highest BCUT2D eigenvalue weighted by Gasteiger charge is 2.21. The molecule has 2 aromatic carbocycles. The average Bonchev–Trinajstić information content (AvgIpc) is 3.05. The van der Waals surface area contributed by atoms with Crippen LogP contribution in [-0.4, -0.2) is 74.2 Å². The average molecular weight is 705 g/mol. The first-order chi connectivity index (χ1) is 22.9. The van der Waals surface area contributed by atoms with E-state index >= 15 is 0 Å². The molecule has 0 aliphatic rings. The predicted octanol–water partition coefficient (Wildman–Crippen LogP) is 3.37. The zero-order valence-electron chi connectivity index (χ0n) is 27.0. The molecule has 0 spiro atoms. The van der Waals surface area contributed by atoms with Crippen molar-refractivity contribution in [1.82, 2.24) is 29.9 Å². The van der Waals surface area contributed by atoms with Crippen LogP contribution >= 0.6 is 0 Å². The number of ether oxygens (including phenoxy) is 2. The number of aromatic nitrogens is 6.